The number of halogens is 1. The molecule has 0 atom stereocenters. The average Bonchev–Trinajstić information content (AvgIpc) is 2.60. The summed E-state index contributed by atoms with van der Waals surface area (Å²) in [6.45, 7) is 10.7. The van der Waals surface area contributed by atoms with Crippen LogP contribution in [0.15, 0.2) is 24.3 Å². The number of likely N-dealkylation sites (N-methyl/N-ethyl adjacent to an activating group) is 1. The molecule has 7 heteroatoms. The maximum absolute atomic E-state index is 13.3. The molecule has 0 aromatic heterocycles. The lowest BCUT2D eigenvalue weighted by molar-refractivity contribution is -0.133. The number of benzene rings is 1. The smallest absolute Gasteiger partial charge is 0.237 e. The van der Waals surface area contributed by atoms with Gasteiger partial charge in [0.15, 0.2) is 0 Å². The lowest BCUT2D eigenvalue weighted by Gasteiger charge is -2.35. The highest BCUT2D eigenvalue weighted by molar-refractivity contribution is 5.78. The zero-order valence-corrected chi connectivity index (χ0v) is 16.6. The van der Waals surface area contributed by atoms with E-state index in [0.29, 0.717) is 26.2 Å². The Bertz CT molecular complexity index is 630. The second-order valence-corrected chi connectivity index (χ2v) is 7.31. The maximum atomic E-state index is 13.3. The van der Waals surface area contributed by atoms with Crippen LogP contribution in [-0.4, -0.2) is 78.4 Å². The summed E-state index contributed by atoms with van der Waals surface area (Å²) in [5, 5.41) is 2.90. The first kappa shape index (κ1) is 21.3. The molecule has 0 radical (unpaired) electrons. The van der Waals surface area contributed by atoms with Crippen molar-refractivity contribution in [3.63, 3.8) is 0 Å². The molecule has 0 saturated carbocycles. The molecule has 1 saturated heterocycles. The van der Waals surface area contributed by atoms with Crippen molar-refractivity contribution in [1.82, 2.24) is 20.0 Å². The first-order valence-corrected chi connectivity index (χ1v) is 9.63. The minimum Gasteiger partial charge on any atom is -0.353 e. The number of piperazine rings is 1. The molecule has 2 amide bonds. The Hall–Kier alpha value is -1.99. The minimum absolute atomic E-state index is 0.0433. The largest absolute Gasteiger partial charge is 0.353 e. The molecule has 0 unspecified atom stereocenters. The summed E-state index contributed by atoms with van der Waals surface area (Å²) >= 11 is 0. The lowest BCUT2D eigenvalue weighted by atomic mass is 10.2. The van der Waals surface area contributed by atoms with E-state index in [4.69, 9.17) is 0 Å². The van der Waals surface area contributed by atoms with Gasteiger partial charge in [-0.3, -0.25) is 19.4 Å². The van der Waals surface area contributed by atoms with Crippen LogP contribution in [0.1, 0.15) is 26.3 Å². The first-order valence-electron chi connectivity index (χ1n) is 9.63. The van der Waals surface area contributed by atoms with Crippen molar-refractivity contribution in [1.29, 1.82) is 0 Å². The number of rotatable bonds is 8. The van der Waals surface area contributed by atoms with Crippen LogP contribution >= 0.6 is 0 Å². The van der Waals surface area contributed by atoms with Gasteiger partial charge in [0.1, 0.15) is 5.82 Å². The van der Waals surface area contributed by atoms with E-state index in [2.05, 4.69) is 15.1 Å². The van der Waals surface area contributed by atoms with Crippen LogP contribution in [0.4, 0.5) is 4.39 Å². The molecule has 1 aliphatic rings. The molecule has 1 aliphatic heterocycles. The molecular weight excluding hydrogens is 347 g/mol. The van der Waals surface area contributed by atoms with Crippen molar-refractivity contribution in [2.45, 2.75) is 33.4 Å². The number of carbonyl (C=O) groups excluding carboxylic acids is 2. The van der Waals surface area contributed by atoms with Gasteiger partial charge >= 0.3 is 0 Å². The Kier molecular flexibility index (Phi) is 8.19. The standard InChI is InChI=1S/C20H31FN4O2/c1-4-25(13-17-6-5-7-18(21)12-17)20(27)15-24-10-8-23(9-11-24)14-19(26)22-16(2)3/h5-7,12,16H,4,8-11,13-15H2,1-3H3,(H,22,26). The topological polar surface area (TPSA) is 55.9 Å². The van der Waals surface area contributed by atoms with Crippen LogP contribution in [-0.2, 0) is 16.1 Å². The van der Waals surface area contributed by atoms with Crippen LogP contribution in [0, 0.1) is 5.82 Å². The SMILES string of the molecule is CCN(Cc1cccc(F)c1)C(=O)CN1CCN(CC(=O)NC(C)C)CC1. The van der Waals surface area contributed by atoms with Crippen LogP contribution in [0.25, 0.3) is 0 Å². The van der Waals surface area contributed by atoms with Crippen molar-refractivity contribution in [3.05, 3.63) is 35.6 Å². The Morgan fingerprint density at radius 2 is 1.78 bits per heavy atom. The van der Waals surface area contributed by atoms with Crippen molar-refractivity contribution in [2.75, 3.05) is 45.8 Å². The van der Waals surface area contributed by atoms with Gasteiger partial charge in [-0.25, -0.2) is 4.39 Å². The first-order chi connectivity index (χ1) is 12.9. The Balaban J connectivity index is 1.78. The van der Waals surface area contributed by atoms with E-state index in [1.165, 1.54) is 12.1 Å². The predicted molar refractivity (Wildman–Crippen MR) is 104 cm³/mol. The number of nitrogens with one attached hydrogen (secondary N) is 1. The highest BCUT2D eigenvalue weighted by Gasteiger charge is 2.22. The van der Waals surface area contributed by atoms with E-state index in [1.54, 1.807) is 11.0 Å². The number of hydrogen-bond acceptors (Lipinski definition) is 4. The van der Waals surface area contributed by atoms with Crippen molar-refractivity contribution >= 4 is 11.8 Å². The molecule has 0 bridgehead atoms. The molecule has 0 aliphatic carbocycles. The molecule has 27 heavy (non-hydrogen) atoms. The summed E-state index contributed by atoms with van der Waals surface area (Å²) in [4.78, 5) is 30.5. The third-order valence-electron chi connectivity index (χ3n) is 4.64. The van der Waals surface area contributed by atoms with Gasteiger partial charge in [-0.2, -0.15) is 0 Å². The summed E-state index contributed by atoms with van der Waals surface area (Å²) < 4.78 is 13.3. The number of amides is 2. The molecule has 0 spiro atoms. The molecule has 6 nitrogen and oxygen atoms in total. The van der Waals surface area contributed by atoms with Gasteiger partial charge in [0, 0.05) is 45.3 Å². The molecule has 150 valence electrons. The van der Waals surface area contributed by atoms with Crippen LogP contribution < -0.4 is 5.32 Å². The Morgan fingerprint density at radius 1 is 1.15 bits per heavy atom. The normalized spacial score (nSPS) is 15.7. The summed E-state index contributed by atoms with van der Waals surface area (Å²) in [6, 6.07) is 6.52. The Labute approximate surface area is 161 Å². The second-order valence-electron chi connectivity index (χ2n) is 7.31. The molecule has 1 aromatic carbocycles. The van der Waals surface area contributed by atoms with E-state index in [1.807, 2.05) is 26.8 Å². The summed E-state index contributed by atoms with van der Waals surface area (Å²) in [7, 11) is 0. The third-order valence-corrected chi connectivity index (χ3v) is 4.64. The molecule has 1 aromatic rings. The maximum Gasteiger partial charge on any atom is 0.237 e. The van der Waals surface area contributed by atoms with Gasteiger partial charge in [-0.05, 0) is 38.5 Å². The highest BCUT2D eigenvalue weighted by Crippen LogP contribution is 2.09. The Morgan fingerprint density at radius 3 is 2.33 bits per heavy atom. The van der Waals surface area contributed by atoms with E-state index >= 15 is 0 Å². The fraction of sp³-hybridized carbons (Fsp3) is 0.600. The monoisotopic (exact) mass is 378 g/mol. The van der Waals surface area contributed by atoms with Gasteiger partial charge in [-0.15, -0.1) is 0 Å². The molecular formula is C20H31FN4O2. The summed E-state index contributed by atoms with van der Waals surface area (Å²) in [6.07, 6.45) is 0. The number of carbonyl (C=O) groups is 2. The number of hydrogen-bond donors (Lipinski definition) is 1. The molecule has 1 fully saturated rings. The van der Waals surface area contributed by atoms with Gasteiger partial charge in [0.25, 0.3) is 0 Å². The zero-order valence-electron chi connectivity index (χ0n) is 16.6. The predicted octanol–water partition coefficient (Wildman–Crippen LogP) is 1.32. The van der Waals surface area contributed by atoms with E-state index < -0.39 is 0 Å². The highest BCUT2D eigenvalue weighted by atomic mass is 19.1. The van der Waals surface area contributed by atoms with Crippen LogP contribution in [0.3, 0.4) is 0 Å². The third kappa shape index (κ3) is 7.27. The quantitative estimate of drug-likeness (QED) is 0.741. The summed E-state index contributed by atoms with van der Waals surface area (Å²) in [5.74, 6) is -0.192. The molecule has 1 N–H and O–H groups in total. The zero-order chi connectivity index (χ0) is 19.8. The fourth-order valence-electron chi connectivity index (χ4n) is 3.20. The summed E-state index contributed by atoms with van der Waals surface area (Å²) in [5.41, 5.74) is 0.797. The van der Waals surface area contributed by atoms with Gasteiger partial charge in [0.2, 0.25) is 11.8 Å². The lowest BCUT2D eigenvalue weighted by Crippen LogP contribution is -2.52. The molecule has 2 rings (SSSR count). The van der Waals surface area contributed by atoms with Crippen molar-refractivity contribution in [2.24, 2.45) is 0 Å². The van der Waals surface area contributed by atoms with Crippen molar-refractivity contribution in [3.8, 4) is 0 Å². The van der Waals surface area contributed by atoms with E-state index in [-0.39, 0.29) is 23.7 Å². The second kappa shape index (κ2) is 10.4. The van der Waals surface area contributed by atoms with Crippen LogP contribution in [0.5, 0.6) is 0 Å². The van der Waals surface area contributed by atoms with Crippen LogP contribution in [0.2, 0.25) is 0 Å². The fourth-order valence-corrected chi connectivity index (χ4v) is 3.20. The molecule has 1 heterocycles. The van der Waals surface area contributed by atoms with Gasteiger partial charge in [-0.1, -0.05) is 12.1 Å². The van der Waals surface area contributed by atoms with Gasteiger partial charge < -0.3 is 10.2 Å². The number of nitrogens with zero attached hydrogens (tertiary/aromatic N) is 3. The van der Waals surface area contributed by atoms with Crippen molar-refractivity contribution < 1.29 is 14.0 Å². The van der Waals surface area contributed by atoms with E-state index in [0.717, 1.165) is 31.7 Å². The van der Waals surface area contributed by atoms with E-state index in [9.17, 15) is 14.0 Å². The minimum atomic E-state index is -0.284. The van der Waals surface area contributed by atoms with Gasteiger partial charge in [0.05, 0.1) is 13.1 Å². The average molecular weight is 378 g/mol.